The molecule has 1 aromatic heterocycles. The molecule has 0 spiro atoms. The zero-order valence-electron chi connectivity index (χ0n) is 14.1. The van der Waals surface area contributed by atoms with E-state index in [1.807, 2.05) is 0 Å². The molecular weight excluding hydrogens is 358 g/mol. The van der Waals surface area contributed by atoms with E-state index in [9.17, 15) is 13.2 Å². The fourth-order valence-corrected chi connectivity index (χ4v) is 4.99. The highest BCUT2D eigenvalue weighted by Crippen LogP contribution is 2.23. The number of piperazine rings is 1. The minimum atomic E-state index is -3.68. The molecule has 1 saturated heterocycles. The highest BCUT2D eigenvalue weighted by molar-refractivity contribution is 7.94. The van der Waals surface area contributed by atoms with E-state index in [4.69, 9.17) is 0 Å². The summed E-state index contributed by atoms with van der Waals surface area (Å²) in [7, 11) is -3.68. The molecule has 25 heavy (non-hydrogen) atoms. The maximum absolute atomic E-state index is 12.9. The van der Waals surface area contributed by atoms with Gasteiger partial charge in [-0.1, -0.05) is 18.2 Å². The van der Waals surface area contributed by atoms with Crippen molar-refractivity contribution in [2.45, 2.75) is 11.1 Å². The van der Waals surface area contributed by atoms with Crippen molar-refractivity contribution in [3.63, 3.8) is 0 Å². The average Bonchev–Trinajstić information content (AvgIpc) is 3.17. The van der Waals surface area contributed by atoms with Crippen LogP contribution in [-0.4, -0.2) is 51.9 Å². The maximum atomic E-state index is 12.9. The predicted molar refractivity (Wildman–Crippen MR) is 98.7 cm³/mol. The summed E-state index contributed by atoms with van der Waals surface area (Å²) < 4.78 is 27.7. The Morgan fingerprint density at radius 2 is 1.92 bits per heavy atom. The molecule has 2 N–H and O–H groups in total. The maximum Gasteiger partial charge on any atom is 0.271 e. The van der Waals surface area contributed by atoms with Gasteiger partial charge in [-0.2, -0.15) is 0 Å². The number of benzene rings is 1. The molecular formula is C17H22N3O3S2+. The van der Waals surface area contributed by atoms with Gasteiger partial charge in [0.15, 0.2) is 0 Å². The van der Waals surface area contributed by atoms with Gasteiger partial charge in [0.05, 0.1) is 44.0 Å². The van der Waals surface area contributed by atoms with Gasteiger partial charge >= 0.3 is 0 Å². The summed E-state index contributed by atoms with van der Waals surface area (Å²) in [6, 6.07) is 10.0. The molecule has 0 unspecified atom stereocenters. The fourth-order valence-electron chi connectivity index (χ4n) is 2.92. The lowest BCUT2D eigenvalue weighted by Gasteiger charge is -2.32. The summed E-state index contributed by atoms with van der Waals surface area (Å²) in [5.41, 5.74) is 0.716. The van der Waals surface area contributed by atoms with E-state index < -0.39 is 10.0 Å². The third kappa shape index (κ3) is 4.02. The van der Waals surface area contributed by atoms with Crippen LogP contribution in [0.5, 0.6) is 0 Å². The van der Waals surface area contributed by atoms with Crippen molar-refractivity contribution >= 4 is 33.0 Å². The Kier molecular flexibility index (Phi) is 5.41. The minimum absolute atomic E-state index is 0.125. The smallest absolute Gasteiger partial charge is 0.271 e. The SMILES string of the molecule is CC[NH+]1CCN(C(=O)c2ccccc2NS(=O)(=O)c2cccs2)CC1. The van der Waals surface area contributed by atoms with E-state index in [1.54, 1.807) is 46.7 Å². The molecule has 134 valence electrons. The molecule has 0 radical (unpaired) electrons. The number of rotatable bonds is 5. The lowest BCUT2D eigenvalue weighted by atomic mass is 10.1. The topological polar surface area (TPSA) is 70.9 Å². The van der Waals surface area contributed by atoms with Gasteiger partial charge in [-0.15, -0.1) is 11.3 Å². The van der Waals surface area contributed by atoms with Gasteiger partial charge in [-0.3, -0.25) is 9.52 Å². The Bertz CT molecular complexity index is 827. The van der Waals surface area contributed by atoms with Gasteiger partial charge in [0.25, 0.3) is 15.9 Å². The number of likely N-dealkylation sites (N-methyl/N-ethyl adjacent to an activating group) is 1. The molecule has 1 aliphatic heterocycles. The standard InChI is InChI=1S/C17H21N3O3S2/c1-2-19-9-11-20(12-10-19)17(21)14-6-3-4-7-15(14)18-25(22,23)16-8-5-13-24-16/h3-8,13,18H,2,9-12H2,1H3/p+1. The average molecular weight is 381 g/mol. The van der Waals surface area contributed by atoms with Gasteiger partial charge in [0.2, 0.25) is 0 Å². The van der Waals surface area contributed by atoms with E-state index in [1.165, 1.54) is 4.90 Å². The molecule has 2 heterocycles. The minimum Gasteiger partial charge on any atom is -0.332 e. The van der Waals surface area contributed by atoms with Crippen LogP contribution in [0.2, 0.25) is 0 Å². The van der Waals surface area contributed by atoms with Crippen LogP contribution in [0.1, 0.15) is 17.3 Å². The van der Waals surface area contributed by atoms with Crippen molar-refractivity contribution in [2.75, 3.05) is 37.4 Å². The van der Waals surface area contributed by atoms with Crippen molar-refractivity contribution in [1.29, 1.82) is 0 Å². The summed E-state index contributed by atoms with van der Waals surface area (Å²) in [6.45, 7) is 6.42. The zero-order chi connectivity index (χ0) is 17.9. The van der Waals surface area contributed by atoms with Gasteiger partial charge in [0.1, 0.15) is 4.21 Å². The van der Waals surface area contributed by atoms with Crippen molar-refractivity contribution in [2.24, 2.45) is 0 Å². The molecule has 1 amide bonds. The van der Waals surface area contributed by atoms with Gasteiger partial charge < -0.3 is 9.80 Å². The first-order chi connectivity index (χ1) is 12.0. The second-order valence-electron chi connectivity index (χ2n) is 5.98. The molecule has 1 aliphatic rings. The number of quaternary nitrogens is 1. The second-order valence-corrected chi connectivity index (χ2v) is 8.84. The molecule has 0 saturated carbocycles. The number of nitrogens with one attached hydrogen (secondary N) is 2. The third-order valence-electron chi connectivity index (χ3n) is 4.42. The Morgan fingerprint density at radius 3 is 2.56 bits per heavy atom. The second kappa shape index (κ2) is 7.55. The van der Waals surface area contributed by atoms with Gasteiger partial charge in [-0.25, -0.2) is 8.42 Å². The number of sulfonamides is 1. The first-order valence-corrected chi connectivity index (χ1v) is 10.7. The van der Waals surface area contributed by atoms with Crippen molar-refractivity contribution in [3.05, 3.63) is 47.3 Å². The highest BCUT2D eigenvalue weighted by atomic mass is 32.2. The molecule has 0 bridgehead atoms. The number of nitrogens with zero attached hydrogens (tertiary/aromatic N) is 1. The lowest BCUT2D eigenvalue weighted by Crippen LogP contribution is -3.14. The summed E-state index contributed by atoms with van der Waals surface area (Å²) in [4.78, 5) is 16.2. The highest BCUT2D eigenvalue weighted by Gasteiger charge is 2.26. The fraction of sp³-hybridized carbons (Fsp3) is 0.353. The number of anilines is 1. The molecule has 8 heteroatoms. The van der Waals surface area contributed by atoms with Crippen LogP contribution in [0.4, 0.5) is 5.69 Å². The number of para-hydroxylation sites is 1. The van der Waals surface area contributed by atoms with Crippen LogP contribution in [0.3, 0.4) is 0 Å². The Labute approximate surface area is 152 Å². The first-order valence-electron chi connectivity index (χ1n) is 8.29. The van der Waals surface area contributed by atoms with Gasteiger partial charge in [0, 0.05) is 0 Å². The van der Waals surface area contributed by atoms with Gasteiger partial charge in [-0.05, 0) is 30.5 Å². The number of carbonyl (C=O) groups is 1. The third-order valence-corrected chi connectivity index (χ3v) is 7.18. The summed E-state index contributed by atoms with van der Waals surface area (Å²) >= 11 is 1.15. The molecule has 6 nitrogen and oxygen atoms in total. The van der Waals surface area contributed by atoms with E-state index >= 15 is 0 Å². The van der Waals surface area contributed by atoms with E-state index in [0.717, 1.165) is 31.0 Å². The van der Waals surface area contributed by atoms with E-state index in [-0.39, 0.29) is 10.1 Å². The summed E-state index contributed by atoms with van der Waals surface area (Å²) in [6.07, 6.45) is 0. The summed E-state index contributed by atoms with van der Waals surface area (Å²) in [5.74, 6) is -0.125. The monoisotopic (exact) mass is 380 g/mol. The van der Waals surface area contributed by atoms with E-state index in [0.29, 0.717) is 24.3 Å². The first kappa shape index (κ1) is 17.9. The quantitative estimate of drug-likeness (QED) is 0.810. The van der Waals surface area contributed by atoms with Crippen molar-refractivity contribution < 1.29 is 18.1 Å². The predicted octanol–water partition coefficient (Wildman–Crippen LogP) is 0.910. The van der Waals surface area contributed by atoms with Crippen LogP contribution in [0.15, 0.2) is 46.0 Å². The van der Waals surface area contributed by atoms with Crippen LogP contribution < -0.4 is 9.62 Å². The Morgan fingerprint density at radius 1 is 1.20 bits per heavy atom. The van der Waals surface area contributed by atoms with Crippen LogP contribution in [-0.2, 0) is 10.0 Å². The largest absolute Gasteiger partial charge is 0.332 e. The number of hydrogen-bond acceptors (Lipinski definition) is 4. The van der Waals surface area contributed by atoms with E-state index in [2.05, 4.69) is 11.6 Å². The number of thiophene rings is 1. The van der Waals surface area contributed by atoms with Crippen LogP contribution >= 0.6 is 11.3 Å². The zero-order valence-corrected chi connectivity index (χ0v) is 15.7. The number of hydrogen-bond donors (Lipinski definition) is 2. The molecule has 0 aliphatic carbocycles. The Balaban J connectivity index is 1.81. The molecule has 2 aromatic rings. The Hall–Kier alpha value is -1.90. The molecule has 1 fully saturated rings. The molecule has 0 atom stereocenters. The molecule has 3 rings (SSSR count). The lowest BCUT2D eigenvalue weighted by molar-refractivity contribution is -0.902. The van der Waals surface area contributed by atoms with Crippen molar-refractivity contribution in [1.82, 2.24) is 4.90 Å². The number of amides is 1. The normalized spacial score (nSPS) is 16.0. The summed E-state index contributed by atoms with van der Waals surface area (Å²) in [5, 5.41) is 1.71. The van der Waals surface area contributed by atoms with Crippen molar-refractivity contribution in [3.8, 4) is 0 Å². The van der Waals surface area contributed by atoms with Crippen LogP contribution in [0, 0.1) is 0 Å². The number of carbonyl (C=O) groups excluding carboxylic acids is 1. The molecule has 1 aromatic carbocycles. The van der Waals surface area contributed by atoms with Crippen LogP contribution in [0.25, 0.3) is 0 Å².